The lowest BCUT2D eigenvalue weighted by Crippen LogP contribution is -2.53. The average Bonchev–Trinajstić information content (AvgIpc) is 2.67. The highest BCUT2D eigenvalue weighted by Gasteiger charge is 2.38. The summed E-state index contributed by atoms with van der Waals surface area (Å²) in [6, 6.07) is 7.65. The molecule has 1 aromatic heterocycles. The van der Waals surface area contributed by atoms with Crippen LogP contribution in [0.4, 0.5) is 14.6 Å². The van der Waals surface area contributed by atoms with Gasteiger partial charge in [0.15, 0.2) is 11.9 Å². The van der Waals surface area contributed by atoms with Crippen LogP contribution in [0.3, 0.4) is 0 Å². The van der Waals surface area contributed by atoms with E-state index < -0.39 is 12.0 Å². The minimum absolute atomic E-state index is 0.0699. The number of amides is 1. The second kappa shape index (κ2) is 6.99. The molecule has 1 atom stereocenters. The first-order chi connectivity index (χ1) is 12.9. The molecule has 2 fully saturated rings. The molecule has 0 bridgehead atoms. The number of halogens is 2. The summed E-state index contributed by atoms with van der Waals surface area (Å²) in [6.07, 6.45) is -1.24. The summed E-state index contributed by atoms with van der Waals surface area (Å²) in [6.45, 7) is 3.37. The number of carbonyl (C=O) groups is 1. The second-order valence-electron chi connectivity index (χ2n) is 7.11. The van der Waals surface area contributed by atoms with E-state index in [1.807, 2.05) is 36.1 Å². The third kappa shape index (κ3) is 3.71. The van der Waals surface area contributed by atoms with Crippen molar-refractivity contribution < 1.29 is 18.3 Å². The average molecular weight is 376 g/mol. The molecular formula is C19H22F2N4O2. The smallest absolute Gasteiger partial charge is 0.253 e. The van der Waals surface area contributed by atoms with E-state index in [0.717, 1.165) is 22.5 Å². The topological polar surface area (TPSA) is 58.6 Å². The number of aryl methyl sites for hydroxylation is 1. The predicted molar refractivity (Wildman–Crippen MR) is 97.0 cm³/mol. The van der Waals surface area contributed by atoms with Gasteiger partial charge in [-0.05, 0) is 19.1 Å². The van der Waals surface area contributed by atoms with Gasteiger partial charge in [-0.15, -0.1) is 0 Å². The number of morpholine rings is 1. The Bertz CT molecular complexity index is 851. The molecule has 8 heteroatoms. The number of hydrogen-bond donors (Lipinski definition) is 0. The summed E-state index contributed by atoms with van der Waals surface area (Å²) < 4.78 is 32.3. The Morgan fingerprint density at radius 3 is 2.52 bits per heavy atom. The van der Waals surface area contributed by atoms with E-state index in [-0.39, 0.29) is 31.8 Å². The summed E-state index contributed by atoms with van der Waals surface area (Å²) >= 11 is 0. The van der Waals surface area contributed by atoms with E-state index in [2.05, 4.69) is 4.98 Å². The number of carbonyl (C=O) groups excluding carboxylic acids is 1. The molecule has 2 aliphatic heterocycles. The lowest BCUT2D eigenvalue weighted by atomic mass is 10.1. The van der Waals surface area contributed by atoms with Crippen LogP contribution in [0.2, 0.25) is 0 Å². The normalized spacial score (nSPS) is 22.9. The standard InChI is InChI=1S/C19H22F2N4O2/c1-13-17(23-15-5-3-2-4-14(15)22-13)25-10-11-27-16(12-25)18(26)24-8-6-19(20,21)7-9-24/h2-5,16H,6-12H2,1H3. The van der Waals surface area contributed by atoms with Crippen LogP contribution in [0.25, 0.3) is 11.0 Å². The van der Waals surface area contributed by atoms with Crippen molar-refractivity contribution in [2.45, 2.75) is 31.8 Å². The number of aromatic nitrogens is 2. The van der Waals surface area contributed by atoms with Gasteiger partial charge in [-0.2, -0.15) is 0 Å². The molecule has 0 radical (unpaired) electrons. The third-order valence-electron chi connectivity index (χ3n) is 5.17. The first-order valence-electron chi connectivity index (χ1n) is 9.19. The highest BCUT2D eigenvalue weighted by atomic mass is 19.3. The van der Waals surface area contributed by atoms with Gasteiger partial charge in [-0.3, -0.25) is 4.79 Å². The number of likely N-dealkylation sites (tertiary alicyclic amines) is 1. The molecule has 1 unspecified atom stereocenters. The number of benzene rings is 1. The number of ether oxygens (including phenoxy) is 1. The van der Waals surface area contributed by atoms with Crippen LogP contribution in [0.15, 0.2) is 24.3 Å². The molecule has 2 aliphatic rings. The van der Waals surface area contributed by atoms with Crippen LogP contribution < -0.4 is 4.90 Å². The molecule has 2 saturated heterocycles. The summed E-state index contributed by atoms with van der Waals surface area (Å²) in [4.78, 5) is 25.5. The van der Waals surface area contributed by atoms with Crippen LogP contribution in [0, 0.1) is 6.92 Å². The highest BCUT2D eigenvalue weighted by molar-refractivity contribution is 5.82. The molecule has 1 aromatic carbocycles. The number of anilines is 1. The Morgan fingerprint density at radius 1 is 1.15 bits per heavy atom. The van der Waals surface area contributed by atoms with Crippen LogP contribution in [0.5, 0.6) is 0 Å². The number of nitrogens with zero attached hydrogens (tertiary/aromatic N) is 4. The van der Waals surface area contributed by atoms with Crippen LogP contribution in [-0.4, -0.2) is 65.6 Å². The Kier molecular flexibility index (Phi) is 4.67. The van der Waals surface area contributed by atoms with E-state index in [4.69, 9.17) is 9.72 Å². The van der Waals surface area contributed by atoms with Crippen LogP contribution >= 0.6 is 0 Å². The molecule has 0 saturated carbocycles. The zero-order valence-electron chi connectivity index (χ0n) is 15.2. The second-order valence-corrected chi connectivity index (χ2v) is 7.11. The van der Waals surface area contributed by atoms with E-state index in [9.17, 15) is 13.6 Å². The summed E-state index contributed by atoms with van der Waals surface area (Å²) in [5.74, 6) is -2.16. The molecule has 0 spiro atoms. The van der Waals surface area contributed by atoms with Crippen molar-refractivity contribution in [2.75, 3.05) is 37.7 Å². The fraction of sp³-hybridized carbons (Fsp3) is 0.526. The Morgan fingerprint density at radius 2 is 1.81 bits per heavy atom. The van der Waals surface area contributed by atoms with Gasteiger partial charge in [-0.1, -0.05) is 12.1 Å². The molecule has 3 heterocycles. The van der Waals surface area contributed by atoms with Gasteiger partial charge in [0, 0.05) is 32.5 Å². The minimum atomic E-state index is -2.67. The fourth-order valence-electron chi connectivity index (χ4n) is 3.63. The van der Waals surface area contributed by atoms with Crippen molar-refractivity contribution in [3.8, 4) is 0 Å². The predicted octanol–water partition coefficient (Wildman–Crippen LogP) is 2.40. The number of hydrogen-bond acceptors (Lipinski definition) is 5. The fourth-order valence-corrected chi connectivity index (χ4v) is 3.63. The number of rotatable bonds is 2. The van der Waals surface area contributed by atoms with Crippen molar-refractivity contribution in [1.29, 1.82) is 0 Å². The Hall–Kier alpha value is -2.35. The van der Waals surface area contributed by atoms with Gasteiger partial charge >= 0.3 is 0 Å². The van der Waals surface area contributed by atoms with Gasteiger partial charge in [0.2, 0.25) is 0 Å². The van der Waals surface area contributed by atoms with E-state index >= 15 is 0 Å². The maximum atomic E-state index is 13.3. The monoisotopic (exact) mass is 376 g/mol. The molecule has 4 rings (SSSR count). The van der Waals surface area contributed by atoms with Crippen molar-refractivity contribution in [3.05, 3.63) is 30.0 Å². The maximum Gasteiger partial charge on any atom is 0.253 e. The quantitative estimate of drug-likeness (QED) is 0.806. The van der Waals surface area contributed by atoms with Gasteiger partial charge < -0.3 is 14.5 Å². The van der Waals surface area contributed by atoms with Gasteiger partial charge in [0.25, 0.3) is 11.8 Å². The summed E-state index contributed by atoms with van der Waals surface area (Å²) in [5, 5.41) is 0. The molecule has 6 nitrogen and oxygen atoms in total. The van der Waals surface area contributed by atoms with Gasteiger partial charge in [0.1, 0.15) is 0 Å². The molecule has 0 N–H and O–H groups in total. The zero-order valence-corrected chi connectivity index (χ0v) is 15.2. The largest absolute Gasteiger partial charge is 0.365 e. The van der Waals surface area contributed by atoms with E-state index in [0.29, 0.717) is 19.7 Å². The summed E-state index contributed by atoms with van der Waals surface area (Å²) in [5.41, 5.74) is 2.42. The molecular weight excluding hydrogens is 354 g/mol. The van der Waals surface area contributed by atoms with Crippen LogP contribution in [0.1, 0.15) is 18.5 Å². The summed E-state index contributed by atoms with van der Waals surface area (Å²) in [7, 11) is 0. The Balaban J connectivity index is 1.50. The number of piperidine rings is 1. The van der Waals surface area contributed by atoms with Crippen molar-refractivity contribution in [1.82, 2.24) is 14.9 Å². The lowest BCUT2D eigenvalue weighted by molar-refractivity contribution is -0.150. The number of alkyl halides is 2. The van der Waals surface area contributed by atoms with Gasteiger partial charge in [-0.25, -0.2) is 18.7 Å². The van der Waals surface area contributed by atoms with Crippen molar-refractivity contribution >= 4 is 22.8 Å². The highest BCUT2D eigenvalue weighted by Crippen LogP contribution is 2.29. The number of para-hydroxylation sites is 2. The maximum absolute atomic E-state index is 13.3. The van der Waals surface area contributed by atoms with Crippen molar-refractivity contribution in [2.24, 2.45) is 0 Å². The first-order valence-corrected chi connectivity index (χ1v) is 9.19. The Labute approximate surface area is 156 Å². The van der Waals surface area contributed by atoms with Crippen molar-refractivity contribution in [3.63, 3.8) is 0 Å². The molecule has 144 valence electrons. The number of fused-ring (bicyclic) bond motifs is 1. The zero-order chi connectivity index (χ0) is 19.0. The van der Waals surface area contributed by atoms with E-state index in [1.165, 1.54) is 4.90 Å². The molecule has 1 amide bonds. The molecule has 27 heavy (non-hydrogen) atoms. The minimum Gasteiger partial charge on any atom is -0.365 e. The third-order valence-corrected chi connectivity index (χ3v) is 5.17. The first kappa shape index (κ1) is 18.0. The molecule has 0 aliphatic carbocycles. The van der Waals surface area contributed by atoms with Crippen LogP contribution in [-0.2, 0) is 9.53 Å². The van der Waals surface area contributed by atoms with Gasteiger partial charge in [0.05, 0.1) is 29.9 Å². The SMILES string of the molecule is Cc1nc2ccccc2nc1N1CCOC(C(=O)N2CCC(F)(F)CC2)C1. The lowest BCUT2D eigenvalue weighted by Gasteiger charge is -2.38. The molecule has 2 aromatic rings. The van der Waals surface area contributed by atoms with E-state index in [1.54, 1.807) is 0 Å².